The van der Waals surface area contributed by atoms with Gasteiger partial charge in [0.25, 0.3) is 0 Å². The monoisotopic (exact) mass is 230 g/mol. The van der Waals surface area contributed by atoms with Crippen LogP contribution < -0.4 is 0 Å². The Morgan fingerprint density at radius 1 is 1.00 bits per heavy atom. The van der Waals surface area contributed by atoms with Crippen LogP contribution in [0.1, 0.15) is 18.4 Å². The van der Waals surface area contributed by atoms with Crippen molar-refractivity contribution in [2.45, 2.75) is 19.4 Å². The maximum Gasteiger partial charge on any atom is 0.120 e. The fourth-order valence-electron chi connectivity index (χ4n) is 1.29. The Morgan fingerprint density at radius 3 is 2.53 bits per heavy atom. The summed E-state index contributed by atoms with van der Waals surface area (Å²) in [6.07, 6.45) is 10.1. The van der Waals surface area contributed by atoms with Crippen molar-refractivity contribution < 1.29 is 9.53 Å². The summed E-state index contributed by atoms with van der Waals surface area (Å²) in [5, 5.41) is 0. The lowest BCUT2D eigenvalue weighted by Gasteiger charge is -2.00. The van der Waals surface area contributed by atoms with E-state index >= 15 is 0 Å². The van der Waals surface area contributed by atoms with E-state index in [1.165, 1.54) is 5.56 Å². The van der Waals surface area contributed by atoms with Gasteiger partial charge >= 0.3 is 0 Å². The maximum absolute atomic E-state index is 10.0. The Morgan fingerprint density at radius 2 is 1.76 bits per heavy atom. The molecule has 2 heteroatoms. The fourth-order valence-corrected chi connectivity index (χ4v) is 1.29. The molecule has 0 unspecified atom stereocenters. The minimum Gasteiger partial charge on any atom is -0.373 e. The van der Waals surface area contributed by atoms with Gasteiger partial charge in [0.05, 0.1) is 13.2 Å². The quantitative estimate of drug-likeness (QED) is 0.389. The number of allylic oxidation sites excluding steroid dienone is 3. The topological polar surface area (TPSA) is 26.3 Å². The zero-order valence-corrected chi connectivity index (χ0v) is 9.92. The minimum absolute atomic E-state index is 0.592. The van der Waals surface area contributed by atoms with Crippen LogP contribution in [-0.4, -0.2) is 12.9 Å². The molecule has 17 heavy (non-hydrogen) atoms. The highest BCUT2D eigenvalue weighted by Gasteiger charge is 1.88. The van der Waals surface area contributed by atoms with Crippen molar-refractivity contribution in [1.29, 1.82) is 0 Å². The van der Waals surface area contributed by atoms with Gasteiger partial charge in [-0.3, -0.25) is 0 Å². The lowest BCUT2D eigenvalue weighted by Crippen LogP contribution is -1.91. The second-order valence-corrected chi connectivity index (χ2v) is 3.60. The van der Waals surface area contributed by atoms with Gasteiger partial charge in [-0.15, -0.1) is 0 Å². The number of rotatable bonds is 8. The molecule has 0 bridgehead atoms. The van der Waals surface area contributed by atoms with Crippen LogP contribution in [0.25, 0.3) is 0 Å². The number of ether oxygens (including phenoxy) is 1. The maximum atomic E-state index is 10.0. The van der Waals surface area contributed by atoms with E-state index < -0.39 is 0 Å². The van der Waals surface area contributed by atoms with E-state index in [2.05, 4.69) is 0 Å². The van der Waals surface area contributed by atoms with Crippen molar-refractivity contribution in [3.05, 3.63) is 60.2 Å². The van der Waals surface area contributed by atoms with Gasteiger partial charge in [0, 0.05) is 6.42 Å². The third kappa shape index (κ3) is 7.25. The fraction of sp³-hybridized carbons (Fsp3) is 0.267. The van der Waals surface area contributed by atoms with Gasteiger partial charge in [-0.05, 0) is 12.0 Å². The first-order chi connectivity index (χ1) is 8.43. The van der Waals surface area contributed by atoms with Gasteiger partial charge < -0.3 is 9.53 Å². The molecule has 90 valence electrons. The molecule has 0 aromatic heterocycles. The van der Waals surface area contributed by atoms with Crippen LogP contribution in [0.4, 0.5) is 0 Å². The molecule has 0 radical (unpaired) electrons. The van der Waals surface area contributed by atoms with Crippen molar-refractivity contribution in [2.24, 2.45) is 0 Å². The summed E-state index contributed by atoms with van der Waals surface area (Å²) in [7, 11) is 0. The number of carbonyl (C=O) groups is 1. The van der Waals surface area contributed by atoms with E-state index in [0.29, 0.717) is 19.6 Å². The predicted octanol–water partition coefficient (Wildman–Crippen LogP) is 3.29. The van der Waals surface area contributed by atoms with E-state index in [1.807, 2.05) is 54.6 Å². The van der Waals surface area contributed by atoms with Crippen molar-refractivity contribution in [3.63, 3.8) is 0 Å². The molecule has 0 heterocycles. The zero-order valence-electron chi connectivity index (χ0n) is 9.92. The Balaban J connectivity index is 2.06. The highest BCUT2D eigenvalue weighted by molar-refractivity contribution is 5.49. The van der Waals surface area contributed by atoms with Crippen LogP contribution >= 0.6 is 0 Å². The standard InChI is InChI=1S/C15H18O2/c16-12-8-3-1-2-4-9-13-17-14-15-10-6-5-7-11-15/h1-2,4-7,9-12H,3,8,13-14H2/b2-1+,9-4+. The van der Waals surface area contributed by atoms with Crippen LogP contribution in [-0.2, 0) is 16.1 Å². The van der Waals surface area contributed by atoms with Crippen LogP contribution in [0.5, 0.6) is 0 Å². The molecule has 0 aliphatic heterocycles. The molecule has 0 spiro atoms. The summed E-state index contributed by atoms with van der Waals surface area (Å²) >= 11 is 0. The summed E-state index contributed by atoms with van der Waals surface area (Å²) in [5.74, 6) is 0. The molecule has 0 fully saturated rings. The molecule has 0 saturated heterocycles. The van der Waals surface area contributed by atoms with Gasteiger partial charge in [0.15, 0.2) is 0 Å². The lowest BCUT2D eigenvalue weighted by molar-refractivity contribution is -0.107. The van der Waals surface area contributed by atoms with Gasteiger partial charge in [-0.2, -0.15) is 0 Å². The number of hydrogen-bond donors (Lipinski definition) is 0. The molecular weight excluding hydrogens is 212 g/mol. The summed E-state index contributed by atoms with van der Waals surface area (Å²) in [6.45, 7) is 1.24. The molecule has 1 aromatic rings. The van der Waals surface area contributed by atoms with Crippen LogP contribution in [0.15, 0.2) is 54.6 Å². The molecule has 0 aliphatic rings. The van der Waals surface area contributed by atoms with E-state index in [4.69, 9.17) is 4.74 Å². The van der Waals surface area contributed by atoms with Crippen molar-refractivity contribution in [1.82, 2.24) is 0 Å². The van der Waals surface area contributed by atoms with Gasteiger partial charge in [-0.1, -0.05) is 54.6 Å². The van der Waals surface area contributed by atoms with E-state index in [0.717, 1.165) is 12.7 Å². The van der Waals surface area contributed by atoms with Crippen molar-refractivity contribution in [3.8, 4) is 0 Å². The molecule has 0 amide bonds. The average molecular weight is 230 g/mol. The first-order valence-corrected chi connectivity index (χ1v) is 5.80. The Bertz CT molecular complexity index is 352. The first-order valence-electron chi connectivity index (χ1n) is 5.80. The number of unbranched alkanes of at least 4 members (excludes halogenated alkanes) is 1. The summed E-state index contributed by atoms with van der Waals surface area (Å²) in [5.41, 5.74) is 1.18. The first kappa shape index (κ1) is 13.4. The normalized spacial score (nSPS) is 11.3. The number of carbonyl (C=O) groups excluding carboxylic acids is 1. The largest absolute Gasteiger partial charge is 0.373 e. The molecule has 1 aromatic carbocycles. The molecule has 0 atom stereocenters. The van der Waals surface area contributed by atoms with Crippen molar-refractivity contribution >= 4 is 6.29 Å². The molecule has 2 nitrogen and oxygen atoms in total. The van der Waals surface area contributed by atoms with Gasteiger partial charge in [-0.25, -0.2) is 0 Å². The Kier molecular flexibility index (Phi) is 7.52. The zero-order chi connectivity index (χ0) is 12.2. The molecular formula is C15H18O2. The highest BCUT2D eigenvalue weighted by Crippen LogP contribution is 2.00. The van der Waals surface area contributed by atoms with E-state index in [1.54, 1.807) is 0 Å². The molecule has 0 N–H and O–H groups in total. The Hall–Kier alpha value is -1.67. The molecule has 0 saturated carbocycles. The Labute approximate surface area is 103 Å². The SMILES string of the molecule is O=CCC/C=C/C=C/COCc1ccccc1. The van der Waals surface area contributed by atoms with Gasteiger partial charge in [0.2, 0.25) is 0 Å². The molecule has 0 aliphatic carbocycles. The second-order valence-electron chi connectivity index (χ2n) is 3.60. The molecule has 1 rings (SSSR count). The summed E-state index contributed by atoms with van der Waals surface area (Å²) in [4.78, 5) is 10.0. The predicted molar refractivity (Wildman–Crippen MR) is 69.7 cm³/mol. The van der Waals surface area contributed by atoms with E-state index in [9.17, 15) is 4.79 Å². The second kappa shape index (κ2) is 9.55. The van der Waals surface area contributed by atoms with Crippen molar-refractivity contribution in [2.75, 3.05) is 6.61 Å². The highest BCUT2D eigenvalue weighted by atomic mass is 16.5. The minimum atomic E-state index is 0.592. The third-order valence-electron chi connectivity index (χ3n) is 2.16. The van der Waals surface area contributed by atoms with Crippen LogP contribution in [0.2, 0.25) is 0 Å². The number of aldehydes is 1. The summed E-state index contributed by atoms with van der Waals surface area (Å²) < 4.78 is 5.47. The lowest BCUT2D eigenvalue weighted by atomic mass is 10.2. The number of hydrogen-bond acceptors (Lipinski definition) is 2. The third-order valence-corrected chi connectivity index (χ3v) is 2.16. The average Bonchev–Trinajstić information content (AvgIpc) is 2.38. The summed E-state index contributed by atoms with van der Waals surface area (Å²) in [6, 6.07) is 10.1. The van der Waals surface area contributed by atoms with Crippen LogP contribution in [0.3, 0.4) is 0 Å². The van der Waals surface area contributed by atoms with Crippen LogP contribution in [0, 0.1) is 0 Å². The number of benzene rings is 1. The smallest absolute Gasteiger partial charge is 0.120 e. The van der Waals surface area contributed by atoms with E-state index in [-0.39, 0.29) is 0 Å². The van der Waals surface area contributed by atoms with Gasteiger partial charge in [0.1, 0.15) is 6.29 Å².